The lowest BCUT2D eigenvalue weighted by molar-refractivity contribution is -0.212. The van der Waals surface area contributed by atoms with Crippen molar-refractivity contribution < 1.29 is 56.6 Å². The number of hydroxylamine groups is 4. The minimum absolute atomic E-state index is 0.0229. The molecule has 0 bridgehead atoms. The summed E-state index contributed by atoms with van der Waals surface area (Å²) in [5, 5.41) is 3.05. The SMILES string of the molecule is CCOP(=O)(OCC)C(C)COC(C)C(=O)OCCn1c(=O)n(CCOC(=O)C(C)ON(C)C(C)CC)c(=O)n(CCOC(=O)C(C)ON(C)C(C)CC)c1=O. The summed E-state index contributed by atoms with van der Waals surface area (Å²) < 4.78 is 47.0. The van der Waals surface area contributed by atoms with Crippen molar-refractivity contribution in [3.05, 3.63) is 31.5 Å². The smallest absolute Gasteiger partial charge is 0.337 e. The molecular formula is C35H64N5O15P. The second-order valence-electron chi connectivity index (χ2n) is 13.1. The van der Waals surface area contributed by atoms with Crippen LogP contribution in [-0.4, -0.2) is 132 Å². The first kappa shape index (κ1) is 50.8. The number of ether oxygens (including phenoxy) is 4. The van der Waals surface area contributed by atoms with Gasteiger partial charge in [0.15, 0.2) is 18.3 Å². The van der Waals surface area contributed by atoms with Crippen molar-refractivity contribution in [3.63, 3.8) is 0 Å². The average molecular weight is 826 g/mol. The third-order valence-corrected chi connectivity index (χ3v) is 11.3. The fourth-order valence-electron chi connectivity index (χ4n) is 4.72. The highest BCUT2D eigenvalue weighted by atomic mass is 31.2. The first-order valence-corrected chi connectivity index (χ1v) is 20.6. The van der Waals surface area contributed by atoms with Crippen LogP contribution in [0.1, 0.15) is 82.1 Å². The highest BCUT2D eigenvalue weighted by molar-refractivity contribution is 7.54. The minimum Gasteiger partial charge on any atom is -0.462 e. The Hall–Kier alpha value is -3.23. The number of hydrogen-bond acceptors (Lipinski definition) is 17. The molecule has 0 saturated heterocycles. The van der Waals surface area contributed by atoms with Gasteiger partial charge in [-0.15, -0.1) is 0 Å². The van der Waals surface area contributed by atoms with E-state index in [1.54, 1.807) is 34.9 Å². The molecule has 0 aromatic carbocycles. The molecule has 0 amide bonds. The van der Waals surface area contributed by atoms with Gasteiger partial charge in [-0.2, -0.15) is 10.1 Å². The van der Waals surface area contributed by atoms with E-state index in [1.165, 1.54) is 30.9 Å². The van der Waals surface area contributed by atoms with Crippen LogP contribution in [0.5, 0.6) is 0 Å². The molecule has 0 aliphatic rings. The van der Waals surface area contributed by atoms with Crippen molar-refractivity contribution in [2.24, 2.45) is 0 Å². The van der Waals surface area contributed by atoms with Crippen LogP contribution in [0.2, 0.25) is 0 Å². The van der Waals surface area contributed by atoms with Crippen LogP contribution in [0.3, 0.4) is 0 Å². The van der Waals surface area contributed by atoms with E-state index in [0.29, 0.717) is 13.7 Å². The molecule has 0 fully saturated rings. The molecule has 20 nitrogen and oxygen atoms in total. The molecule has 1 aromatic heterocycles. The van der Waals surface area contributed by atoms with E-state index in [4.69, 9.17) is 37.7 Å². The summed E-state index contributed by atoms with van der Waals surface area (Å²) in [5.74, 6) is -2.34. The molecule has 0 spiro atoms. The van der Waals surface area contributed by atoms with E-state index < -0.39 is 106 Å². The second kappa shape index (κ2) is 25.2. The van der Waals surface area contributed by atoms with Crippen LogP contribution in [0, 0.1) is 0 Å². The zero-order chi connectivity index (χ0) is 42.7. The standard InChI is InChI=1S/C35H64N5O15P/c1-13-24(5)36(11)54-28(9)31(42)49-21-18-39-33(44)38(17-20-48-30(41)27(8)51-23-26(7)56(47,52-15-3)53-16-4)34(45)40(35(39)46)19-22-50-32(43)29(10)55-37(12)25(6)14-2/h24-29H,13-23H2,1-12H3. The van der Waals surface area contributed by atoms with Gasteiger partial charge in [0.2, 0.25) is 0 Å². The van der Waals surface area contributed by atoms with Crippen LogP contribution in [0.15, 0.2) is 14.4 Å². The van der Waals surface area contributed by atoms with E-state index >= 15 is 0 Å². The first-order chi connectivity index (χ1) is 26.3. The topological polar surface area (TPSA) is 215 Å². The lowest BCUT2D eigenvalue weighted by Crippen LogP contribution is -2.55. The molecule has 6 atom stereocenters. The molecule has 0 aliphatic carbocycles. The van der Waals surface area contributed by atoms with Crippen molar-refractivity contribution in [1.82, 2.24) is 23.8 Å². The third-order valence-electron chi connectivity index (χ3n) is 8.88. The normalized spacial score (nSPS) is 15.2. The van der Waals surface area contributed by atoms with Crippen molar-refractivity contribution in [1.29, 1.82) is 0 Å². The molecule has 0 N–H and O–H groups in total. The Morgan fingerprint density at radius 2 is 0.911 bits per heavy atom. The Bertz CT molecular complexity index is 1520. The summed E-state index contributed by atoms with van der Waals surface area (Å²) in [4.78, 5) is 89.6. The summed E-state index contributed by atoms with van der Waals surface area (Å²) in [5.41, 5.74) is -3.86. The Balaban J connectivity index is 3.18. The van der Waals surface area contributed by atoms with E-state index in [1.807, 2.05) is 27.7 Å². The summed E-state index contributed by atoms with van der Waals surface area (Å²) in [6.45, 7) is 14.5. The quantitative estimate of drug-likeness (QED) is 0.0511. The summed E-state index contributed by atoms with van der Waals surface area (Å²) in [6, 6.07) is 0.0459. The highest BCUT2D eigenvalue weighted by Crippen LogP contribution is 2.52. The molecule has 1 rings (SSSR count). The lowest BCUT2D eigenvalue weighted by Gasteiger charge is -2.25. The van der Waals surface area contributed by atoms with E-state index in [2.05, 4.69) is 0 Å². The van der Waals surface area contributed by atoms with Crippen molar-refractivity contribution in [2.75, 3.05) is 53.7 Å². The van der Waals surface area contributed by atoms with E-state index in [0.717, 1.165) is 12.8 Å². The molecule has 56 heavy (non-hydrogen) atoms. The van der Waals surface area contributed by atoms with E-state index in [9.17, 15) is 33.3 Å². The number of nitrogens with zero attached hydrogens (tertiary/aromatic N) is 5. The van der Waals surface area contributed by atoms with Gasteiger partial charge >= 0.3 is 42.6 Å². The van der Waals surface area contributed by atoms with Gasteiger partial charge in [0.05, 0.1) is 45.1 Å². The van der Waals surface area contributed by atoms with Crippen molar-refractivity contribution >= 4 is 25.5 Å². The lowest BCUT2D eigenvalue weighted by atomic mass is 10.3. The van der Waals surface area contributed by atoms with Crippen LogP contribution >= 0.6 is 7.60 Å². The van der Waals surface area contributed by atoms with Gasteiger partial charge in [-0.05, 0) is 68.2 Å². The zero-order valence-electron chi connectivity index (χ0n) is 35.0. The van der Waals surface area contributed by atoms with Gasteiger partial charge in [-0.1, -0.05) is 13.8 Å². The van der Waals surface area contributed by atoms with Gasteiger partial charge in [0.25, 0.3) is 0 Å². The van der Waals surface area contributed by atoms with Gasteiger partial charge < -0.3 is 28.0 Å². The van der Waals surface area contributed by atoms with E-state index in [-0.39, 0.29) is 31.9 Å². The number of aromatic nitrogens is 3. The first-order valence-electron chi connectivity index (χ1n) is 19.0. The average Bonchev–Trinajstić information content (AvgIpc) is 3.16. The summed E-state index contributed by atoms with van der Waals surface area (Å²) >= 11 is 0. The Morgan fingerprint density at radius 3 is 1.21 bits per heavy atom. The third kappa shape index (κ3) is 15.6. The summed E-state index contributed by atoms with van der Waals surface area (Å²) in [6.07, 6.45) is -1.58. The number of carbonyl (C=O) groups is 3. The maximum Gasteiger partial charge on any atom is 0.337 e. The molecule has 0 radical (unpaired) electrons. The minimum atomic E-state index is -3.49. The van der Waals surface area contributed by atoms with Crippen molar-refractivity contribution in [3.8, 4) is 0 Å². The molecule has 0 aliphatic heterocycles. The van der Waals surface area contributed by atoms with Gasteiger partial charge in [-0.3, -0.25) is 14.2 Å². The maximum absolute atomic E-state index is 13.5. The molecule has 1 heterocycles. The van der Waals surface area contributed by atoms with Gasteiger partial charge in [0, 0.05) is 26.2 Å². The number of hydrogen-bond donors (Lipinski definition) is 0. The van der Waals surface area contributed by atoms with Crippen LogP contribution in [0.25, 0.3) is 0 Å². The molecule has 21 heteroatoms. The number of rotatable bonds is 28. The number of carbonyl (C=O) groups excluding carboxylic acids is 3. The van der Waals surface area contributed by atoms with Crippen LogP contribution in [0.4, 0.5) is 0 Å². The summed E-state index contributed by atoms with van der Waals surface area (Å²) in [7, 11) is -0.139. The van der Waals surface area contributed by atoms with Crippen molar-refractivity contribution in [2.45, 2.75) is 138 Å². The molecule has 324 valence electrons. The highest BCUT2D eigenvalue weighted by Gasteiger charge is 2.33. The Kier molecular flexibility index (Phi) is 22.9. The van der Waals surface area contributed by atoms with Gasteiger partial charge in [-0.25, -0.2) is 42.5 Å². The number of esters is 3. The largest absolute Gasteiger partial charge is 0.462 e. The zero-order valence-corrected chi connectivity index (χ0v) is 35.9. The molecule has 1 aromatic rings. The predicted molar refractivity (Wildman–Crippen MR) is 204 cm³/mol. The maximum atomic E-state index is 13.5. The predicted octanol–water partition coefficient (Wildman–Crippen LogP) is 1.96. The van der Waals surface area contributed by atoms with Crippen LogP contribution < -0.4 is 17.1 Å². The molecule has 6 unspecified atom stereocenters. The van der Waals surface area contributed by atoms with Crippen LogP contribution in [-0.2, 0) is 76.3 Å². The fourth-order valence-corrected chi connectivity index (χ4v) is 6.29. The monoisotopic (exact) mass is 825 g/mol. The second-order valence-corrected chi connectivity index (χ2v) is 15.6. The Labute approximate surface area is 328 Å². The Morgan fingerprint density at radius 1 is 0.589 bits per heavy atom. The fraction of sp³-hybridized carbons (Fsp3) is 0.829. The molecular weight excluding hydrogens is 761 g/mol. The molecule has 0 saturated carbocycles. The van der Waals surface area contributed by atoms with Gasteiger partial charge in [0.1, 0.15) is 19.8 Å².